The predicted molar refractivity (Wildman–Crippen MR) is 131 cm³/mol. The first-order chi connectivity index (χ1) is 16.1. The van der Waals surface area contributed by atoms with Gasteiger partial charge in [-0.25, -0.2) is 9.98 Å². The Balaban J connectivity index is 1.60. The normalized spacial score (nSPS) is 14.6. The summed E-state index contributed by atoms with van der Waals surface area (Å²) in [6, 6.07) is 25.4. The second kappa shape index (κ2) is 10.1. The lowest BCUT2D eigenvalue weighted by molar-refractivity contribution is 0.306. The van der Waals surface area contributed by atoms with E-state index in [1.807, 2.05) is 78.9 Å². The number of nitrogens with one attached hydrogen (secondary N) is 1. The summed E-state index contributed by atoms with van der Waals surface area (Å²) in [6.45, 7) is 3.31. The van der Waals surface area contributed by atoms with E-state index < -0.39 is 5.66 Å². The molecular weight excluding hydrogens is 414 g/mol. The van der Waals surface area contributed by atoms with E-state index in [0.29, 0.717) is 13.2 Å². The Morgan fingerprint density at radius 1 is 0.758 bits per heavy atom. The fraction of sp³-hybridized carbons (Fsp3) is 0.231. The standard InChI is InChI=1S/C26H29N5O2/c1-2-3-17-32-22-13-9-20(10-14-22)26(30-24(27)29-25(28)31-26)21-11-15-23(16-12-21)33-18-19-7-5-4-6-8-19/h4-16H,2-3,17-18H2,1H3,(H5,27,28,29,30,31). The molecule has 0 spiro atoms. The number of aliphatic imine (C=N–C) groups is 2. The van der Waals surface area contributed by atoms with Crippen LogP contribution in [0, 0.1) is 0 Å². The number of unbranched alkanes of at least 4 members (excludes halogenated alkanes) is 1. The number of nitrogens with zero attached hydrogens (tertiary/aromatic N) is 2. The van der Waals surface area contributed by atoms with Crippen LogP contribution in [0.1, 0.15) is 36.5 Å². The zero-order chi connectivity index (χ0) is 23.1. The number of benzene rings is 3. The van der Waals surface area contributed by atoms with Gasteiger partial charge in [0.1, 0.15) is 18.1 Å². The lowest BCUT2D eigenvalue weighted by Gasteiger charge is -2.31. The van der Waals surface area contributed by atoms with E-state index in [0.717, 1.165) is 41.0 Å². The highest BCUT2D eigenvalue weighted by Gasteiger charge is 2.37. The van der Waals surface area contributed by atoms with Gasteiger partial charge in [0.2, 0.25) is 5.66 Å². The molecule has 4 rings (SSSR count). The van der Waals surface area contributed by atoms with Gasteiger partial charge in [-0.1, -0.05) is 67.9 Å². The average molecular weight is 444 g/mol. The molecule has 0 aliphatic carbocycles. The highest BCUT2D eigenvalue weighted by Crippen LogP contribution is 2.38. The van der Waals surface area contributed by atoms with Crippen LogP contribution >= 0.6 is 0 Å². The summed E-state index contributed by atoms with van der Waals surface area (Å²) in [6.07, 6.45) is 2.10. The van der Waals surface area contributed by atoms with Crippen LogP contribution in [0.25, 0.3) is 0 Å². The molecule has 170 valence electrons. The molecule has 0 radical (unpaired) electrons. The third-order valence-corrected chi connectivity index (χ3v) is 5.35. The van der Waals surface area contributed by atoms with Crippen molar-refractivity contribution in [2.75, 3.05) is 6.61 Å². The van der Waals surface area contributed by atoms with Gasteiger partial charge in [-0.3, -0.25) is 5.32 Å². The van der Waals surface area contributed by atoms with Crippen molar-refractivity contribution < 1.29 is 9.47 Å². The van der Waals surface area contributed by atoms with E-state index in [1.165, 1.54) is 0 Å². The first-order valence-corrected chi connectivity index (χ1v) is 11.1. The monoisotopic (exact) mass is 443 g/mol. The van der Waals surface area contributed by atoms with E-state index in [9.17, 15) is 0 Å². The lowest BCUT2D eigenvalue weighted by Crippen LogP contribution is -2.48. The van der Waals surface area contributed by atoms with Gasteiger partial charge in [-0.2, -0.15) is 0 Å². The zero-order valence-electron chi connectivity index (χ0n) is 18.7. The molecule has 7 nitrogen and oxygen atoms in total. The van der Waals surface area contributed by atoms with E-state index in [4.69, 9.17) is 20.9 Å². The highest BCUT2D eigenvalue weighted by molar-refractivity contribution is 5.99. The third kappa shape index (κ3) is 5.26. The molecule has 0 bridgehead atoms. The van der Waals surface area contributed by atoms with Crippen LogP contribution in [0.5, 0.6) is 11.5 Å². The van der Waals surface area contributed by atoms with Gasteiger partial charge >= 0.3 is 0 Å². The van der Waals surface area contributed by atoms with E-state index in [2.05, 4.69) is 22.2 Å². The van der Waals surface area contributed by atoms with Crippen LogP contribution in [0.2, 0.25) is 0 Å². The first-order valence-electron chi connectivity index (χ1n) is 11.1. The fourth-order valence-corrected chi connectivity index (χ4v) is 3.63. The molecule has 0 amide bonds. The second-order valence-corrected chi connectivity index (χ2v) is 7.82. The summed E-state index contributed by atoms with van der Waals surface area (Å²) in [5.41, 5.74) is 13.8. The molecule has 33 heavy (non-hydrogen) atoms. The second-order valence-electron chi connectivity index (χ2n) is 7.82. The molecule has 0 atom stereocenters. The van der Waals surface area contributed by atoms with Crippen LogP contribution in [-0.2, 0) is 12.3 Å². The van der Waals surface area contributed by atoms with Crippen LogP contribution in [0.3, 0.4) is 0 Å². The molecule has 3 aromatic carbocycles. The Morgan fingerprint density at radius 2 is 1.30 bits per heavy atom. The maximum absolute atomic E-state index is 6.06. The van der Waals surface area contributed by atoms with Crippen molar-refractivity contribution in [1.82, 2.24) is 5.32 Å². The summed E-state index contributed by atoms with van der Waals surface area (Å²) >= 11 is 0. The molecule has 1 aliphatic rings. The zero-order valence-corrected chi connectivity index (χ0v) is 18.7. The Morgan fingerprint density at radius 3 is 1.85 bits per heavy atom. The van der Waals surface area contributed by atoms with Crippen molar-refractivity contribution in [3.8, 4) is 11.5 Å². The lowest BCUT2D eigenvalue weighted by atomic mass is 9.91. The first kappa shape index (κ1) is 22.2. The number of nitrogens with two attached hydrogens (primary N) is 2. The third-order valence-electron chi connectivity index (χ3n) is 5.35. The van der Waals surface area contributed by atoms with Crippen LogP contribution < -0.4 is 26.3 Å². The number of hydrogen-bond acceptors (Lipinski definition) is 7. The molecule has 1 heterocycles. The van der Waals surface area contributed by atoms with Crippen molar-refractivity contribution >= 4 is 11.9 Å². The van der Waals surface area contributed by atoms with Crippen molar-refractivity contribution in [3.05, 3.63) is 95.6 Å². The van der Waals surface area contributed by atoms with Crippen LogP contribution in [0.15, 0.2) is 88.8 Å². The maximum atomic E-state index is 6.06. The summed E-state index contributed by atoms with van der Waals surface area (Å²) in [5, 5.41) is 2.78. The van der Waals surface area contributed by atoms with Gasteiger partial charge in [0.15, 0.2) is 11.9 Å². The minimum Gasteiger partial charge on any atom is -0.494 e. The smallest absolute Gasteiger partial charge is 0.208 e. The fourth-order valence-electron chi connectivity index (χ4n) is 3.63. The average Bonchev–Trinajstić information content (AvgIpc) is 2.84. The summed E-state index contributed by atoms with van der Waals surface area (Å²) in [7, 11) is 0. The van der Waals surface area contributed by atoms with Crippen molar-refractivity contribution in [3.63, 3.8) is 0 Å². The van der Waals surface area contributed by atoms with Gasteiger partial charge in [0.25, 0.3) is 0 Å². The highest BCUT2D eigenvalue weighted by atomic mass is 16.5. The molecular formula is C26H29N5O2. The molecule has 0 unspecified atom stereocenters. The van der Waals surface area contributed by atoms with Gasteiger partial charge in [0.05, 0.1) is 6.61 Å². The Bertz CT molecular complexity index is 1090. The predicted octanol–water partition coefficient (Wildman–Crippen LogP) is 3.88. The minimum atomic E-state index is -1.10. The number of hydrogen-bond donors (Lipinski definition) is 3. The SMILES string of the molecule is CCCCOc1ccc(C2(c3ccc(OCc4ccccc4)cc3)N=C(N)NC(N)=N2)cc1. The van der Waals surface area contributed by atoms with Gasteiger partial charge in [-0.15, -0.1) is 0 Å². The molecule has 1 aliphatic heterocycles. The molecule has 0 fully saturated rings. The van der Waals surface area contributed by atoms with E-state index in [-0.39, 0.29) is 11.9 Å². The minimum absolute atomic E-state index is 0.204. The van der Waals surface area contributed by atoms with E-state index >= 15 is 0 Å². The molecule has 3 aromatic rings. The summed E-state index contributed by atoms with van der Waals surface area (Å²) in [4.78, 5) is 9.33. The largest absolute Gasteiger partial charge is 0.494 e. The summed E-state index contributed by atoms with van der Waals surface area (Å²) in [5.74, 6) is 1.96. The molecule has 7 heteroatoms. The van der Waals surface area contributed by atoms with Crippen molar-refractivity contribution in [2.45, 2.75) is 32.0 Å². The Hall–Kier alpha value is -4.00. The number of guanidine groups is 2. The van der Waals surface area contributed by atoms with Crippen LogP contribution in [-0.4, -0.2) is 18.5 Å². The van der Waals surface area contributed by atoms with Gasteiger partial charge < -0.3 is 20.9 Å². The molecule has 5 N–H and O–H groups in total. The summed E-state index contributed by atoms with van der Waals surface area (Å²) < 4.78 is 11.7. The molecule has 0 saturated heterocycles. The van der Waals surface area contributed by atoms with Gasteiger partial charge in [-0.05, 0) is 36.2 Å². The Kier molecular flexibility index (Phi) is 6.78. The maximum Gasteiger partial charge on any atom is 0.208 e. The number of ether oxygens (including phenoxy) is 2. The van der Waals surface area contributed by atoms with Gasteiger partial charge in [0, 0.05) is 11.1 Å². The topological polar surface area (TPSA) is 107 Å². The van der Waals surface area contributed by atoms with Crippen LogP contribution in [0.4, 0.5) is 0 Å². The molecule has 0 saturated carbocycles. The van der Waals surface area contributed by atoms with E-state index in [1.54, 1.807) is 0 Å². The quantitative estimate of drug-likeness (QED) is 0.435. The number of rotatable bonds is 9. The molecule has 0 aromatic heterocycles. The van der Waals surface area contributed by atoms with Crippen molar-refractivity contribution in [2.24, 2.45) is 21.5 Å². The Labute approximate surface area is 194 Å². The van der Waals surface area contributed by atoms with Crippen molar-refractivity contribution in [1.29, 1.82) is 0 Å².